The molecule has 1 aliphatic rings. The Bertz CT molecular complexity index is 426. The molecule has 0 aromatic heterocycles. The van der Waals surface area contributed by atoms with Crippen molar-refractivity contribution < 1.29 is 9.18 Å². The van der Waals surface area contributed by atoms with Gasteiger partial charge >= 0.3 is 0 Å². The summed E-state index contributed by atoms with van der Waals surface area (Å²) in [5.41, 5.74) is 0.127. The average molecular weight is 335 g/mol. The van der Waals surface area contributed by atoms with E-state index in [1.54, 1.807) is 17.0 Å². The fourth-order valence-electron chi connectivity index (χ4n) is 2.15. The van der Waals surface area contributed by atoms with Gasteiger partial charge in [-0.2, -0.15) is 0 Å². The largest absolute Gasteiger partial charge is 0.339 e. The Hall–Kier alpha value is -0.610. The number of alkyl halides is 1. The quantitative estimate of drug-likeness (QED) is 0.756. The lowest BCUT2D eigenvalue weighted by Gasteiger charge is -2.31. The van der Waals surface area contributed by atoms with E-state index in [2.05, 4.69) is 15.9 Å². The van der Waals surface area contributed by atoms with Crippen molar-refractivity contribution in [2.24, 2.45) is 5.92 Å². The maximum Gasteiger partial charge on any atom is 0.257 e. The van der Waals surface area contributed by atoms with E-state index in [1.807, 2.05) is 0 Å². The smallest absolute Gasteiger partial charge is 0.257 e. The van der Waals surface area contributed by atoms with Gasteiger partial charge in [0.2, 0.25) is 0 Å². The summed E-state index contributed by atoms with van der Waals surface area (Å²) in [6, 6.07) is 4.57. The van der Waals surface area contributed by atoms with Crippen LogP contribution in [-0.4, -0.2) is 29.8 Å². The highest BCUT2D eigenvalue weighted by atomic mass is 79.9. The van der Waals surface area contributed by atoms with Gasteiger partial charge in [0, 0.05) is 23.4 Å². The normalized spacial score (nSPS) is 16.9. The predicted octanol–water partition coefficient (Wildman–Crippen LogP) is 3.68. The van der Waals surface area contributed by atoms with E-state index in [0.29, 0.717) is 29.4 Å². The Labute approximate surface area is 119 Å². The zero-order valence-electron chi connectivity index (χ0n) is 9.83. The van der Waals surface area contributed by atoms with Gasteiger partial charge < -0.3 is 4.90 Å². The maximum atomic E-state index is 13.7. The first-order valence-corrected chi connectivity index (χ1v) is 7.25. The van der Waals surface area contributed by atoms with Gasteiger partial charge in [-0.1, -0.05) is 6.07 Å². The summed E-state index contributed by atoms with van der Waals surface area (Å²) in [4.78, 5) is 14.0. The van der Waals surface area contributed by atoms with Crippen LogP contribution in [0.15, 0.2) is 22.7 Å². The molecular weight excluding hydrogens is 321 g/mol. The molecule has 0 aliphatic carbocycles. The van der Waals surface area contributed by atoms with Crippen molar-refractivity contribution in [1.29, 1.82) is 0 Å². The van der Waals surface area contributed by atoms with E-state index in [0.717, 1.165) is 12.8 Å². The Morgan fingerprint density at radius 1 is 1.44 bits per heavy atom. The van der Waals surface area contributed by atoms with Crippen LogP contribution in [0.3, 0.4) is 0 Å². The van der Waals surface area contributed by atoms with Gasteiger partial charge in [-0.3, -0.25) is 4.79 Å². The van der Waals surface area contributed by atoms with Gasteiger partial charge in [0.1, 0.15) is 5.82 Å². The molecule has 0 bridgehead atoms. The van der Waals surface area contributed by atoms with Crippen molar-refractivity contribution in [3.05, 3.63) is 34.1 Å². The molecule has 1 aliphatic heterocycles. The highest BCUT2D eigenvalue weighted by molar-refractivity contribution is 9.10. The first-order valence-electron chi connectivity index (χ1n) is 5.92. The fourth-order valence-corrected chi connectivity index (χ4v) is 2.97. The number of likely N-dealkylation sites (tertiary alicyclic amines) is 1. The molecule has 1 aromatic rings. The van der Waals surface area contributed by atoms with Gasteiger partial charge in [0.15, 0.2) is 0 Å². The number of nitrogens with zero attached hydrogens (tertiary/aromatic N) is 1. The van der Waals surface area contributed by atoms with E-state index in [9.17, 15) is 9.18 Å². The van der Waals surface area contributed by atoms with Gasteiger partial charge in [-0.05, 0) is 46.8 Å². The molecule has 1 aromatic carbocycles. The molecule has 1 heterocycles. The zero-order chi connectivity index (χ0) is 13.1. The lowest BCUT2D eigenvalue weighted by atomic mass is 9.98. The lowest BCUT2D eigenvalue weighted by molar-refractivity contribution is 0.0692. The third kappa shape index (κ3) is 2.86. The molecule has 0 saturated carbocycles. The molecule has 1 saturated heterocycles. The topological polar surface area (TPSA) is 20.3 Å². The van der Waals surface area contributed by atoms with Crippen LogP contribution in [0.25, 0.3) is 0 Å². The summed E-state index contributed by atoms with van der Waals surface area (Å²) < 4.78 is 14.2. The molecule has 0 radical (unpaired) electrons. The Morgan fingerprint density at radius 2 is 2.11 bits per heavy atom. The molecular formula is C13H14BrClFNO. The van der Waals surface area contributed by atoms with Crippen LogP contribution in [0.4, 0.5) is 4.39 Å². The van der Waals surface area contributed by atoms with Crippen molar-refractivity contribution in [2.45, 2.75) is 12.8 Å². The standard InChI is InChI=1S/C13H14BrClFNO/c14-10-2-1-3-11(16)12(10)13(18)17-6-4-9(8-15)5-7-17/h1-3,9H,4-8H2. The number of carbonyl (C=O) groups excluding carboxylic acids is 1. The van der Waals surface area contributed by atoms with Crippen LogP contribution in [0.1, 0.15) is 23.2 Å². The van der Waals surface area contributed by atoms with E-state index >= 15 is 0 Å². The third-order valence-corrected chi connectivity index (χ3v) is 4.39. The summed E-state index contributed by atoms with van der Waals surface area (Å²) in [6.45, 7) is 1.30. The van der Waals surface area contributed by atoms with Crippen molar-refractivity contribution in [2.75, 3.05) is 19.0 Å². The second kappa shape index (κ2) is 6.02. The highest BCUT2D eigenvalue weighted by Gasteiger charge is 2.26. The van der Waals surface area contributed by atoms with E-state index in [-0.39, 0.29) is 11.5 Å². The summed E-state index contributed by atoms with van der Waals surface area (Å²) in [7, 11) is 0. The van der Waals surface area contributed by atoms with Crippen molar-refractivity contribution in [1.82, 2.24) is 4.90 Å². The molecule has 1 amide bonds. The number of piperidine rings is 1. The van der Waals surface area contributed by atoms with E-state index < -0.39 is 5.82 Å². The summed E-state index contributed by atoms with van der Waals surface area (Å²) >= 11 is 9.04. The first kappa shape index (κ1) is 13.8. The molecule has 98 valence electrons. The minimum absolute atomic E-state index is 0.127. The zero-order valence-corrected chi connectivity index (χ0v) is 12.2. The van der Waals surface area contributed by atoms with Crippen molar-refractivity contribution in [3.8, 4) is 0 Å². The predicted molar refractivity (Wildman–Crippen MR) is 73.4 cm³/mol. The number of benzene rings is 1. The maximum absolute atomic E-state index is 13.7. The molecule has 0 N–H and O–H groups in total. The van der Waals surface area contributed by atoms with Gasteiger partial charge in [0.05, 0.1) is 5.56 Å². The number of halogens is 3. The van der Waals surface area contributed by atoms with Crippen molar-refractivity contribution in [3.63, 3.8) is 0 Å². The Kier molecular flexibility index (Phi) is 4.62. The van der Waals surface area contributed by atoms with Crippen LogP contribution in [0, 0.1) is 11.7 Å². The van der Waals surface area contributed by atoms with Crippen LogP contribution in [0.5, 0.6) is 0 Å². The molecule has 2 nitrogen and oxygen atoms in total. The molecule has 1 fully saturated rings. The van der Waals surface area contributed by atoms with E-state index in [1.165, 1.54) is 6.07 Å². The molecule has 2 rings (SSSR count). The number of amides is 1. The van der Waals surface area contributed by atoms with E-state index in [4.69, 9.17) is 11.6 Å². The van der Waals surface area contributed by atoms with Crippen LogP contribution in [-0.2, 0) is 0 Å². The second-order valence-electron chi connectivity index (χ2n) is 4.49. The first-order chi connectivity index (χ1) is 8.63. The Balaban J connectivity index is 2.13. The number of hydrogen-bond donors (Lipinski definition) is 0. The average Bonchev–Trinajstić information content (AvgIpc) is 2.38. The van der Waals surface area contributed by atoms with Crippen molar-refractivity contribution >= 4 is 33.4 Å². The highest BCUT2D eigenvalue weighted by Crippen LogP contribution is 2.25. The Morgan fingerprint density at radius 3 is 2.67 bits per heavy atom. The number of rotatable bonds is 2. The lowest BCUT2D eigenvalue weighted by Crippen LogP contribution is -2.39. The van der Waals surface area contributed by atoms with Gasteiger partial charge in [0.25, 0.3) is 5.91 Å². The summed E-state index contributed by atoms with van der Waals surface area (Å²) in [6.07, 6.45) is 1.78. The van der Waals surface area contributed by atoms with Gasteiger partial charge in [-0.25, -0.2) is 4.39 Å². The summed E-state index contributed by atoms with van der Waals surface area (Å²) in [5.74, 6) is 0.382. The minimum atomic E-state index is -0.478. The van der Waals surface area contributed by atoms with Gasteiger partial charge in [-0.15, -0.1) is 11.6 Å². The van der Waals surface area contributed by atoms with Crippen LogP contribution in [0.2, 0.25) is 0 Å². The number of hydrogen-bond acceptors (Lipinski definition) is 1. The third-order valence-electron chi connectivity index (χ3n) is 3.30. The fraction of sp³-hybridized carbons (Fsp3) is 0.462. The minimum Gasteiger partial charge on any atom is -0.339 e. The second-order valence-corrected chi connectivity index (χ2v) is 5.65. The molecule has 0 spiro atoms. The van der Waals surface area contributed by atoms with Crippen LogP contribution >= 0.6 is 27.5 Å². The number of carbonyl (C=O) groups is 1. The molecule has 0 unspecified atom stereocenters. The SMILES string of the molecule is O=C(c1c(F)cccc1Br)N1CCC(CCl)CC1. The monoisotopic (exact) mass is 333 g/mol. The van der Waals surface area contributed by atoms with Crippen LogP contribution < -0.4 is 0 Å². The molecule has 0 atom stereocenters. The molecule has 18 heavy (non-hydrogen) atoms. The summed E-state index contributed by atoms with van der Waals surface area (Å²) in [5, 5.41) is 0. The molecule has 5 heteroatoms.